The summed E-state index contributed by atoms with van der Waals surface area (Å²) in [5.74, 6) is -0.0637. The first-order valence-corrected chi connectivity index (χ1v) is 12.1. The van der Waals surface area contributed by atoms with Gasteiger partial charge in [0.15, 0.2) is 0 Å². The van der Waals surface area contributed by atoms with Gasteiger partial charge in [0, 0.05) is 18.7 Å². The van der Waals surface area contributed by atoms with Crippen LogP contribution in [-0.2, 0) is 29.7 Å². The maximum absolute atomic E-state index is 13.0. The van der Waals surface area contributed by atoms with E-state index < -0.39 is 6.09 Å². The Labute approximate surface area is 206 Å². The number of rotatable bonds is 9. The first kappa shape index (κ1) is 24.5. The number of nitrogens with zero attached hydrogens (tertiary/aromatic N) is 2. The Morgan fingerprint density at radius 3 is 2.43 bits per heavy atom. The van der Waals surface area contributed by atoms with Crippen molar-refractivity contribution in [1.29, 1.82) is 0 Å². The van der Waals surface area contributed by atoms with E-state index in [9.17, 15) is 9.59 Å². The fourth-order valence-corrected chi connectivity index (χ4v) is 4.89. The zero-order valence-electron chi connectivity index (χ0n) is 20.8. The van der Waals surface area contributed by atoms with Crippen LogP contribution in [0.15, 0.2) is 66.7 Å². The van der Waals surface area contributed by atoms with Crippen LogP contribution in [0, 0.1) is 24.2 Å². The van der Waals surface area contributed by atoms with Gasteiger partial charge >= 0.3 is 6.09 Å². The van der Waals surface area contributed by atoms with E-state index in [1.807, 2.05) is 87.6 Å². The van der Waals surface area contributed by atoms with Gasteiger partial charge in [0.1, 0.15) is 6.61 Å². The molecule has 7 nitrogen and oxygen atoms in total. The number of aryl methyl sites for hydroxylation is 2. The van der Waals surface area contributed by atoms with Crippen molar-refractivity contribution in [2.75, 3.05) is 0 Å². The highest BCUT2D eigenvalue weighted by Crippen LogP contribution is 2.63. The van der Waals surface area contributed by atoms with Crippen molar-refractivity contribution >= 4 is 12.0 Å². The summed E-state index contributed by atoms with van der Waals surface area (Å²) in [6.07, 6.45) is 0.375. The second-order valence-electron chi connectivity index (χ2n) is 9.77. The van der Waals surface area contributed by atoms with Gasteiger partial charge in [0.25, 0.3) is 0 Å². The number of benzene rings is 2. The molecule has 35 heavy (non-hydrogen) atoms. The lowest BCUT2D eigenvalue weighted by molar-refractivity contribution is -0.125. The number of alkyl carbamates (subject to hydrolysis) is 1. The molecule has 0 bridgehead atoms. The monoisotopic (exact) mass is 474 g/mol. The molecule has 2 amide bonds. The third kappa shape index (κ3) is 5.73. The SMILES string of the molecule is Cc1cc(CNC(=O)[C@H](C)[C@@H]2C[C@@]2(C)[C@@H](NC(=O)OCc2ccccc2)c2ccccc2)nn1C. The standard InChI is InChI=1S/C28H34N4O3/c1-19-15-23(31-32(19)4)17-29-26(33)20(2)24-16-28(24,3)25(22-13-9-6-10-14-22)30-27(34)35-18-21-11-7-5-8-12-21/h5-15,20,24-25H,16-18H2,1-4H3,(H,29,33)(H,30,34)/t20-,24+,25+,28-/m1/s1. The molecule has 0 aliphatic heterocycles. The number of ether oxygens (including phenoxy) is 1. The van der Waals surface area contributed by atoms with Crippen molar-refractivity contribution in [3.8, 4) is 0 Å². The number of aromatic nitrogens is 2. The molecule has 1 aromatic heterocycles. The van der Waals surface area contributed by atoms with Gasteiger partial charge in [-0.05, 0) is 41.9 Å². The molecule has 1 heterocycles. The van der Waals surface area contributed by atoms with E-state index in [0.717, 1.165) is 28.9 Å². The van der Waals surface area contributed by atoms with Crippen molar-refractivity contribution in [3.05, 3.63) is 89.2 Å². The van der Waals surface area contributed by atoms with Gasteiger partial charge in [-0.2, -0.15) is 5.10 Å². The van der Waals surface area contributed by atoms with E-state index in [-0.39, 0.29) is 35.8 Å². The molecule has 1 aliphatic rings. The lowest BCUT2D eigenvalue weighted by Crippen LogP contribution is -2.37. The number of amides is 2. The lowest BCUT2D eigenvalue weighted by Gasteiger charge is -2.28. The molecule has 2 N–H and O–H groups in total. The zero-order chi connectivity index (χ0) is 25.0. The Morgan fingerprint density at radius 1 is 1.14 bits per heavy atom. The Morgan fingerprint density at radius 2 is 1.80 bits per heavy atom. The molecule has 1 saturated carbocycles. The van der Waals surface area contributed by atoms with E-state index in [2.05, 4.69) is 22.7 Å². The van der Waals surface area contributed by atoms with Crippen molar-refractivity contribution in [2.45, 2.75) is 46.4 Å². The Kier molecular flexibility index (Phi) is 7.24. The second-order valence-corrected chi connectivity index (χ2v) is 9.77. The summed E-state index contributed by atoms with van der Waals surface area (Å²) in [7, 11) is 1.89. The van der Waals surface area contributed by atoms with Crippen LogP contribution in [-0.4, -0.2) is 21.8 Å². The van der Waals surface area contributed by atoms with E-state index in [0.29, 0.717) is 6.54 Å². The second kappa shape index (κ2) is 10.3. The Balaban J connectivity index is 1.40. The quantitative estimate of drug-likeness (QED) is 0.472. The third-order valence-corrected chi connectivity index (χ3v) is 7.24. The van der Waals surface area contributed by atoms with Crippen LogP contribution in [0.2, 0.25) is 0 Å². The first-order valence-electron chi connectivity index (χ1n) is 12.1. The van der Waals surface area contributed by atoms with E-state index in [4.69, 9.17) is 4.74 Å². The van der Waals surface area contributed by atoms with Crippen LogP contribution in [0.25, 0.3) is 0 Å². The third-order valence-electron chi connectivity index (χ3n) is 7.24. The number of hydrogen-bond donors (Lipinski definition) is 2. The largest absolute Gasteiger partial charge is 0.445 e. The average molecular weight is 475 g/mol. The lowest BCUT2D eigenvalue weighted by atomic mass is 9.86. The highest BCUT2D eigenvalue weighted by molar-refractivity contribution is 5.79. The number of nitrogens with one attached hydrogen (secondary N) is 2. The zero-order valence-corrected chi connectivity index (χ0v) is 20.8. The maximum Gasteiger partial charge on any atom is 0.407 e. The molecule has 1 fully saturated rings. The first-order chi connectivity index (χ1) is 16.8. The average Bonchev–Trinajstić information content (AvgIpc) is 3.46. The van der Waals surface area contributed by atoms with Crippen LogP contribution in [0.4, 0.5) is 4.79 Å². The summed E-state index contributed by atoms with van der Waals surface area (Å²) in [5.41, 5.74) is 3.57. The van der Waals surface area contributed by atoms with Crippen molar-refractivity contribution < 1.29 is 14.3 Å². The minimum Gasteiger partial charge on any atom is -0.445 e. The topological polar surface area (TPSA) is 85.2 Å². The maximum atomic E-state index is 13.0. The fourth-order valence-electron chi connectivity index (χ4n) is 4.89. The summed E-state index contributed by atoms with van der Waals surface area (Å²) in [4.78, 5) is 25.7. The van der Waals surface area contributed by atoms with Gasteiger partial charge < -0.3 is 15.4 Å². The Hall–Kier alpha value is -3.61. The number of carbonyl (C=O) groups excluding carboxylic acids is 2. The van der Waals surface area contributed by atoms with Crippen molar-refractivity contribution in [2.24, 2.45) is 24.3 Å². The normalized spacial score (nSPS) is 20.5. The van der Waals surface area contributed by atoms with E-state index in [1.54, 1.807) is 4.68 Å². The summed E-state index contributed by atoms with van der Waals surface area (Å²) in [5, 5.41) is 10.5. The van der Waals surface area contributed by atoms with Crippen LogP contribution >= 0.6 is 0 Å². The molecule has 4 rings (SSSR count). The van der Waals surface area contributed by atoms with Gasteiger partial charge in [-0.25, -0.2) is 4.79 Å². The summed E-state index contributed by atoms with van der Waals surface area (Å²) < 4.78 is 7.31. The molecular weight excluding hydrogens is 440 g/mol. The molecule has 2 aromatic carbocycles. The molecule has 0 saturated heterocycles. The predicted molar refractivity (Wildman–Crippen MR) is 134 cm³/mol. The predicted octanol–water partition coefficient (Wildman–Crippen LogP) is 4.67. The number of hydrogen-bond acceptors (Lipinski definition) is 4. The molecule has 0 radical (unpaired) electrons. The van der Waals surface area contributed by atoms with Gasteiger partial charge in [-0.1, -0.05) is 74.5 Å². The van der Waals surface area contributed by atoms with Crippen LogP contribution in [0.1, 0.15) is 48.8 Å². The molecule has 1 aliphatic carbocycles. The minimum absolute atomic E-state index is 0.000460. The van der Waals surface area contributed by atoms with Gasteiger partial charge in [-0.3, -0.25) is 9.48 Å². The minimum atomic E-state index is -0.461. The van der Waals surface area contributed by atoms with Crippen LogP contribution < -0.4 is 10.6 Å². The van der Waals surface area contributed by atoms with Crippen LogP contribution in [0.5, 0.6) is 0 Å². The molecule has 4 atom stereocenters. The molecule has 3 aromatic rings. The molecule has 7 heteroatoms. The smallest absolute Gasteiger partial charge is 0.407 e. The highest BCUT2D eigenvalue weighted by atomic mass is 16.5. The number of carbonyl (C=O) groups is 2. The van der Waals surface area contributed by atoms with E-state index >= 15 is 0 Å². The van der Waals surface area contributed by atoms with Crippen molar-refractivity contribution in [3.63, 3.8) is 0 Å². The highest BCUT2D eigenvalue weighted by Gasteiger charge is 2.59. The molecule has 0 unspecified atom stereocenters. The summed E-state index contributed by atoms with van der Waals surface area (Å²) in [6, 6.07) is 21.2. The molecule has 184 valence electrons. The van der Waals surface area contributed by atoms with E-state index in [1.165, 1.54) is 0 Å². The summed E-state index contributed by atoms with van der Waals surface area (Å²) >= 11 is 0. The van der Waals surface area contributed by atoms with Gasteiger partial charge in [0.2, 0.25) is 5.91 Å². The van der Waals surface area contributed by atoms with Gasteiger partial charge in [-0.15, -0.1) is 0 Å². The molecule has 0 spiro atoms. The van der Waals surface area contributed by atoms with Gasteiger partial charge in [0.05, 0.1) is 18.3 Å². The van der Waals surface area contributed by atoms with Crippen LogP contribution in [0.3, 0.4) is 0 Å². The van der Waals surface area contributed by atoms with Crippen molar-refractivity contribution in [1.82, 2.24) is 20.4 Å². The summed E-state index contributed by atoms with van der Waals surface area (Å²) in [6.45, 7) is 6.70. The Bertz CT molecular complexity index is 1140. The fraction of sp³-hybridized carbons (Fsp3) is 0.393. The molecular formula is C28H34N4O3.